The van der Waals surface area contributed by atoms with Crippen molar-refractivity contribution >= 4 is 23.4 Å². The average molecular weight is 337 g/mol. The van der Waals surface area contributed by atoms with Gasteiger partial charge < -0.3 is 20.5 Å². The van der Waals surface area contributed by atoms with E-state index in [0.717, 1.165) is 23.6 Å². The number of nitrogens with one attached hydrogen (secondary N) is 1. The molecule has 23 heavy (non-hydrogen) atoms. The van der Waals surface area contributed by atoms with Gasteiger partial charge in [0.25, 0.3) is 0 Å². The van der Waals surface area contributed by atoms with Crippen molar-refractivity contribution in [2.45, 2.75) is 32.4 Å². The van der Waals surface area contributed by atoms with Crippen molar-refractivity contribution in [2.24, 2.45) is 16.1 Å². The minimum absolute atomic E-state index is 0.193. The fourth-order valence-electron chi connectivity index (χ4n) is 2.31. The maximum absolute atomic E-state index is 6.02. The van der Waals surface area contributed by atoms with Gasteiger partial charge in [0.15, 0.2) is 17.5 Å². The molecule has 1 aromatic rings. The zero-order chi connectivity index (χ0) is 16.9. The van der Waals surface area contributed by atoms with E-state index in [9.17, 15) is 0 Å². The third-order valence-corrected chi connectivity index (χ3v) is 5.12. The molecule has 128 valence electrons. The van der Waals surface area contributed by atoms with Crippen molar-refractivity contribution in [3.05, 3.63) is 18.2 Å². The van der Waals surface area contributed by atoms with E-state index >= 15 is 0 Å². The van der Waals surface area contributed by atoms with Crippen molar-refractivity contribution in [2.75, 3.05) is 31.3 Å². The molecule has 0 fully saturated rings. The van der Waals surface area contributed by atoms with Crippen LogP contribution in [0.1, 0.15) is 27.2 Å². The Morgan fingerprint density at radius 1 is 1.30 bits per heavy atom. The molecule has 0 radical (unpaired) electrons. The summed E-state index contributed by atoms with van der Waals surface area (Å²) < 4.78 is 11.3. The van der Waals surface area contributed by atoms with Gasteiger partial charge in [-0.25, -0.2) is 0 Å². The summed E-state index contributed by atoms with van der Waals surface area (Å²) in [6.07, 6.45) is 3.00. The lowest BCUT2D eigenvalue weighted by Gasteiger charge is -2.27. The molecule has 5 nitrogen and oxygen atoms in total. The molecule has 3 N–H and O–H groups in total. The Morgan fingerprint density at radius 2 is 2.00 bits per heavy atom. The minimum Gasteiger partial charge on any atom is -0.490 e. The van der Waals surface area contributed by atoms with Gasteiger partial charge in [0, 0.05) is 23.4 Å². The highest BCUT2D eigenvalue weighted by molar-refractivity contribution is 7.99. The van der Waals surface area contributed by atoms with Crippen LogP contribution in [0.3, 0.4) is 0 Å². The zero-order valence-corrected chi connectivity index (χ0v) is 15.2. The number of fused-ring (bicyclic) bond motifs is 1. The Hall–Kier alpha value is -1.56. The van der Waals surface area contributed by atoms with Crippen LogP contribution in [0.15, 0.2) is 23.2 Å². The molecule has 0 aromatic heterocycles. The number of hydrogen-bond acceptors (Lipinski definition) is 4. The highest BCUT2D eigenvalue weighted by atomic mass is 32.2. The van der Waals surface area contributed by atoms with Crippen LogP contribution >= 0.6 is 11.8 Å². The lowest BCUT2D eigenvalue weighted by Crippen LogP contribution is -2.29. The number of benzene rings is 1. The quantitative estimate of drug-likeness (QED) is 0.651. The third-order valence-electron chi connectivity index (χ3n) is 3.70. The third kappa shape index (κ3) is 5.23. The van der Waals surface area contributed by atoms with Gasteiger partial charge >= 0.3 is 0 Å². The first-order chi connectivity index (χ1) is 10.9. The van der Waals surface area contributed by atoms with E-state index in [4.69, 9.17) is 15.2 Å². The van der Waals surface area contributed by atoms with E-state index < -0.39 is 0 Å². The lowest BCUT2D eigenvalue weighted by atomic mass is 9.92. The van der Waals surface area contributed by atoms with Gasteiger partial charge in [-0.3, -0.25) is 4.99 Å². The Kier molecular flexibility index (Phi) is 6.04. The molecule has 1 aliphatic heterocycles. The second kappa shape index (κ2) is 7.81. The van der Waals surface area contributed by atoms with Gasteiger partial charge in [-0.05, 0) is 23.8 Å². The second-order valence-corrected chi connectivity index (χ2v) is 7.69. The molecular formula is C17H27N3O2S. The normalized spacial score (nSPS) is 16.6. The number of anilines is 1. The van der Waals surface area contributed by atoms with Crippen molar-refractivity contribution in [3.63, 3.8) is 0 Å². The number of nitrogens with two attached hydrogens (primary N) is 1. The van der Waals surface area contributed by atoms with Crippen LogP contribution in [0.4, 0.5) is 5.69 Å². The topological polar surface area (TPSA) is 68.9 Å². The highest BCUT2D eigenvalue weighted by Crippen LogP contribution is 2.32. The zero-order valence-electron chi connectivity index (χ0n) is 14.4. The van der Waals surface area contributed by atoms with Gasteiger partial charge in [0.05, 0.1) is 19.8 Å². The van der Waals surface area contributed by atoms with Crippen LogP contribution < -0.4 is 20.5 Å². The number of aliphatic imine (C=N–C) groups is 1. The maximum Gasteiger partial charge on any atom is 0.193 e. The fourth-order valence-corrected chi connectivity index (χ4v) is 3.24. The number of rotatable bonds is 4. The van der Waals surface area contributed by atoms with E-state index in [0.29, 0.717) is 31.0 Å². The Balaban J connectivity index is 2.01. The first kappa shape index (κ1) is 17.8. The standard InChI is InChI=1S/C17H27N3O2S/c1-17(2,3)15(23-4)11-19-16(18)20-12-6-7-13-14(10-12)22-9-5-8-21-13/h6-7,10,15H,5,8-9,11H2,1-4H3,(H3,18,19,20). The van der Waals surface area contributed by atoms with E-state index in [2.05, 4.69) is 37.3 Å². The van der Waals surface area contributed by atoms with E-state index in [1.807, 2.05) is 30.0 Å². The van der Waals surface area contributed by atoms with Gasteiger partial charge in [0.2, 0.25) is 0 Å². The first-order valence-electron chi connectivity index (χ1n) is 7.89. The van der Waals surface area contributed by atoms with E-state index in [1.165, 1.54) is 0 Å². The summed E-state index contributed by atoms with van der Waals surface area (Å²) in [4.78, 5) is 4.48. The minimum atomic E-state index is 0.193. The predicted octanol–water partition coefficient (Wildman–Crippen LogP) is 3.35. The average Bonchev–Trinajstić information content (AvgIpc) is 2.71. The van der Waals surface area contributed by atoms with Crippen LogP contribution in [-0.2, 0) is 0 Å². The molecule has 6 heteroatoms. The molecule has 1 atom stereocenters. The van der Waals surface area contributed by atoms with Gasteiger partial charge in [-0.1, -0.05) is 20.8 Å². The summed E-state index contributed by atoms with van der Waals surface area (Å²) in [5, 5.41) is 3.55. The summed E-state index contributed by atoms with van der Waals surface area (Å²) >= 11 is 1.82. The summed E-state index contributed by atoms with van der Waals surface area (Å²) in [5.41, 5.74) is 7.06. The molecule has 2 rings (SSSR count). The number of thioether (sulfide) groups is 1. The molecular weight excluding hydrogens is 310 g/mol. The molecule has 1 heterocycles. The summed E-state index contributed by atoms with van der Waals surface area (Å²) in [7, 11) is 0. The predicted molar refractivity (Wildman–Crippen MR) is 98.9 cm³/mol. The fraction of sp³-hybridized carbons (Fsp3) is 0.588. The van der Waals surface area contributed by atoms with Crippen LogP contribution in [0.2, 0.25) is 0 Å². The number of hydrogen-bond donors (Lipinski definition) is 2. The molecule has 0 saturated heterocycles. The summed E-state index contributed by atoms with van der Waals surface area (Å²) in [6, 6.07) is 5.72. The molecule has 0 spiro atoms. The van der Waals surface area contributed by atoms with Crippen molar-refractivity contribution in [1.82, 2.24) is 0 Å². The summed E-state index contributed by atoms with van der Waals surface area (Å²) in [6.45, 7) is 8.70. The van der Waals surface area contributed by atoms with Crippen molar-refractivity contribution in [1.29, 1.82) is 0 Å². The van der Waals surface area contributed by atoms with Crippen molar-refractivity contribution in [3.8, 4) is 11.5 Å². The number of nitrogens with zero attached hydrogens (tertiary/aromatic N) is 1. The van der Waals surface area contributed by atoms with Gasteiger partial charge in [-0.15, -0.1) is 0 Å². The molecule has 0 amide bonds. The molecule has 0 aliphatic carbocycles. The SMILES string of the molecule is CSC(CN=C(N)Nc1ccc2c(c1)OCCCO2)C(C)(C)C. The smallest absolute Gasteiger partial charge is 0.193 e. The lowest BCUT2D eigenvalue weighted by molar-refractivity contribution is 0.297. The largest absolute Gasteiger partial charge is 0.490 e. The van der Waals surface area contributed by atoms with Crippen molar-refractivity contribution < 1.29 is 9.47 Å². The summed E-state index contributed by atoms with van der Waals surface area (Å²) in [5.74, 6) is 1.94. The Morgan fingerprint density at radius 3 is 2.65 bits per heavy atom. The highest BCUT2D eigenvalue weighted by Gasteiger charge is 2.23. The Bertz CT molecular complexity index is 555. The van der Waals surface area contributed by atoms with Crippen LogP contribution in [0.5, 0.6) is 11.5 Å². The first-order valence-corrected chi connectivity index (χ1v) is 9.18. The van der Waals surface area contributed by atoms with E-state index in [-0.39, 0.29) is 5.41 Å². The molecule has 0 bridgehead atoms. The molecule has 1 aromatic carbocycles. The van der Waals surface area contributed by atoms with Crippen LogP contribution in [-0.4, -0.2) is 37.2 Å². The van der Waals surface area contributed by atoms with Crippen LogP contribution in [0.25, 0.3) is 0 Å². The van der Waals surface area contributed by atoms with Gasteiger partial charge in [0.1, 0.15) is 0 Å². The molecule has 0 saturated carbocycles. The second-order valence-electron chi connectivity index (χ2n) is 6.65. The number of guanidine groups is 1. The molecule has 1 aliphatic rings. The Labute approximate surface area is 143 Å². The number of ether oxygens (including phenoxy) is 2. The monoisotopic (exact) mass is 337 g/mol. The van der Waals surface area contributed by atoms with E-state index in [1.54, 1.807) is 0 Å². The molecule has 1 unspecified atom stereocenters. The van der Waals surface area contributed by atoms with Gasteiger partial charge in [-0.2, -0.15) is 11.8 Å². The van der Waals surface area contributed by atoms with Crippen LogP contribution in [0, 0.1) is 5.41 Å². The maximum atomic E-state index is 6.02.